The topological polar surface area (TPSA) is 59.6 Å². The smallest absolute Gasteiger partial charge is 0.407 e. The van der Waals surface area contributed by atoms with Crippen LogP contribution < -0.4 is 10.6 Å². The Morgan fingerprint density at radius 3 is 2.81 bits per heavy atom. The predicted octanol–water partition coefficient (Wildman–Crippen LogP) is 4.12. The maximum atomic E-state index is 13.8. The van der Waals surface area contributed by atoms with Gasteiger partial charge in [-0.05, 0) is 70.8 Å². The van der Waals surface area contributed by atoms with E-state index in [1.54, 1.807) is 6.92 Å². The molecule has 1 heterocycles. The maximum absolute atomic E-state index is 13.8. The van der Waals surface area contributed by atoms with Crippen molar-refractivity contribution >= 4 is 17.7 Å². The lowest BCUT2D eigenvalue weighted by Gasteiger charge is -2.25. The molecule has 1 fully saturated rings. The van der Waals surface area contributed by atoms with Crippen molar-refractivity contribution in [3.63, 3.8) is 0 Å². The van der Waals surface area contributed by atoms with Gasteiger partial charge in [0.1, 0.15) is 11.4 Å². The number of amides is 1. The lowest BCUT2D eigenvalue weighted by Crippen LogP contribution is -2.40. The van der Waals surface area contributed by atoms with Crippen LogP contribution in [0.2, 0.25) is 5.02 Å². The van der Waals surface area contributed by atoms with Crippen LogP contribution in [-0.4, -0.2) is 37.0 Å². The first-order valence-corrected chi connectivity index (χ1v) is 9.24. The molecule has 3 atom stereocenters. The lowest BCUT2D eigenvalue weighted by atomic mass is 10.0. The number of aryl methyl sites for hydroxylation is 1. The Morgan fingerprint density at radius 1 is 1.46 bits per heavy atom. The molecule has 0 radical (unpaired) electrons. The largest absolute Gasteiger partial charge is 0.444 e. The Kier molecular flexibility index (Phi) is 6.88. The summed E-state index contributed by atoms with van der Waals surface area (Å²) in [5, 5.41) is 6.63. The SMILES string of the molecule is Cc1cc(F)cc([C@H]2NCC[C@H]2OC[C@@H](C)NC(=O)OC(C)(C)C)c1Cl. The molecular weight excluding hydrogens is 359 g/mol. The highest BCUT2D eigenvalue weighted by Gasteiger charge is 2.31. The van der Waals surface area contributed by atoms with Crippen LogP contribution in [0.15, 0.2) is 12.1 Å². The van der Waals surface area contributed by atoms with Gasteiger partial charge in [0.2, 0.25) is 0 Å². The van der Waals surface area contributed by atoms with Crippen molar-refractivity contribution in [2.24, 2.45) is 0 Å². The van der Waals surface area contributed by atoms with Crippen LogP contribution in [0, 0.1) is 12.7 Å². The minimum Gasteiger partial charge on any atom is -0.444 e. The van der Waals surface area contributed by atoms with Crippen LogP contribution >= 0.6 is 11.6 Å². The molecular formula is C19H28ClFN2O3. The molecule has 1 amide bonds. The zero-order chi connectivity index (χ0) is 19.5. The Balaban J connectivity index is 1.94. The highest BCUT2D eigenvalue weighted by Crippen LogP contribution is 2.33. The third-order valence-corrected chi connectivity index (χ3v) is 4.59. The van der Waals surface area contributed by atoms with E-state index in [2.05, 4.69) is 10.6 Å². The number of ether oxygens (including phenoxy) is 2. The Morgan fingerprint density at radius 2 is 2.15 bits per heavy atom. The third kappa shape index (κ3) is 5.83. The molecule has 2 N–H and O–H groups in total. The second-order valence-corrected chi connectivity index (χ2v) is 8.14. The second kappa shape index (κ2) is 8.55. The van der Waals surface area contributed by atoms with Crippen LogP contribution in [0.1, 0.15) is 51.3 Å². The molecule has 0 unspecified atom stereocenters. The van der Waals surface area contributed by atoms with E-state index in [1.165, 1.54) is 12.1 Å². The van der Waals surface area contributed by atoms with Crippen LogP contribution in [0.3, 0.4) is 0 Å². The number of hydrogen-bond donors (Lipinski definition) is 2. The summed E-state index contributed by atoms with van der Waals surface area (Å²) < 4.78 is 25.0. The summed E-state index contributed by atoms with van der Waals surface area (Å²) in [6, 6.07) is 2.49. The fourth-order valence-corrected chi connectivity index (χ4v) is 3.19. The molecule has 1 aromatic rings. The van der Waals surface area contributed by atoms with Gasteiger partial charge in [-0.25, -0.2) is 9.18 Å². The average molecular weight is 387 g/mol. The molecule has 0 spiro atoms. The van der Waals surface area contributed by atoms with Gasteiger partial charge in [0.25, 0.3) is 0 Å². The Labute approximate surface area is 159 Å². The van der Waals surface area contributed by atoms with Gasteiger partial charge >= 0.3 is 6.09 Å². The van der Waals surface area contributed by atoms with Crippen molar-refractivity contribution in [2.75, 3.05) is 13.2 Å². The average Bonchev–Trinajstić information content (AvgIpc) is 2.95. The minimum atomic E-state index is -0.545. The fraction of sp³-hybridized carbons (Fsp3) is 0.632. The molecule has 1 saturated heterocycles. The molecule has 0 aliphatic carbocycles. The number of rotatable bonds is 5. The summed E-state index contributed by atoms with van der Waals surface area (Å²) in [5.41, 5.74) is 0.866. The normalized spacial score (nSPS) is 21.5. The van der Waals surface area contributed by atoms with E-state index in [0.717, 1.165) is 13.0 Å². The summed E-state index contributed by atoms with van der Waals surface area (Å²) in [4.78, 5) is 11.8. The summed E-state index contributed by atoms with van der Waals surface area (Å²) in [6.07, 6.45) is 0.172. The molecule has 1 aliphatic heterocycles. The third-order valence-electron chi connectivity index (χ3n) is 4.07. The number of alkyl carbamates (subject to hydrolysis) is 1. The van der Waals surface area contributed by atoms with Gasteiger partial charge in [0.05, 0.1) is 24.8 Å². The van der Waals surface area contributed by atoms with Crippen molar-refractivity contribution in [2.45, 2.75) is 64.8 Å². The van der Waals surface area contributed by atoms with E-state index < -0.39 is 11.7 Å². The predicted molar refractivity (Wildman–Crippen MR) is 100 cm³/mol. The lowest BCUT2D eigenvalue weighted by molar-refractivity contribution is 0.0230. The zero-order valence-corrected chi connectivity index (χ0v) is 16.7. The van der Waals surface area contributed by atoms with Crippen LogP contribution in [0.4, 0.5) is 9.18 Å². The minimum absolute atomic E-state index is 0.142. The summed E-state index contributed by atoms with van der Waals surface area (Å²) in [7, 11) is 0. The second-order valence-electron chi connectivity index (χ2n) is 7.77. The van der Waals surface area contributed by atoms with Crippen LogP contribution in [-0.2, 0) is 9.47 Å². The van der Waals surface area contributed by atoms with Crippen molar-refractivity contribution in [3.05, 3.63) is 34.1 Å². The molecule has 0 saturated carbocycles. The van der Waals surface area contributed by atoms with Crippen molar-refractivity contribution in [1.29, 1.82) is 0 Å². The van der Waals surface area contributed by atoms with E-state index in [-0.39, 0.29) is 24.0 Å². The molecule has 1 aromatic carbocycles. The standard InChI is InChI=1S/C19H28ClFN2O3/c1-11-8-13(21)9-14(16(11)20)17-15(6-7-22-17)25-10-12(2)23-18(24)26-19(3,4)5/h8-9,12,15,17,22H,6-7,10H2,1-5H3,(H,23,24)/t12-,15-,17-/m1/s1. The Hall–Kier alpha value is -1.37. The zero-order valence-electron chi connectivity index (χ0n) is 16.0. The molecule has 2 rings (SSSR count). The van der Waals surface area contributed by atoms with Gasteiger partial charge in [-0.15, -0.1) is 0 Å². The molecule has 1 aliphatic rings. The van der Waals surface area contributed by atoms with Gasteiger partial charge < -0.3 is 20.1 Å². The van der Waals surface area contributed by atoms with Crippen molar-refractivity contribution in [3.8, 4) is 0 Å². The molecule has 5 nitrogen and oxygen atoms in total. The summed E-state index contributed by atoms with van der Waals surface area (Å²) in [6.45, 7) is 10.2. The van der Waals surface area contributed by atoms with E-state index in [0.29, 0.717) is 22.8 Å². The summed E-state index contributed by atoms with van der Waals surface area (Å²) >= 11 is 6.37. The highest BCUT2D eigenvalue weighted by molar-refractivity contribution is 6.32. The molecule has 0 aromatic heterocycles. The summed E-state index contributed by atoms with van der Waals surface area (Å²) in [5.74, 6) is -0.311. The fourth-order valence-electron chi connectivity index (χ4n) is 2.97. The number of hydrogen-bond acceptors (Lipinski definition) is 4. The Bertz CT molecular complexity index is 648. The molecule has 7 heteroatoms. The highest BCUT2D eigenvalue weighted by atomic mass is 35.5. The van der Waals surface area contributed by atoms with Gasteiger partial charge in [0, 0.05) is 5.02 Å². The number of carbonyl (C=O) groups is 1. The molecule has 26 heavy (non-hydrogen) atoms. The first-order valence-electron chi connectivity index (χ1n) is 8.87. The number of halogens is 2. The van der Waals surface area contributed by atoms with E-state index in [1.807, 2.05) is 27.7 Å². The van der Waals surface area contributed by atoms with Crippen molar-refractivity contribution in [1.82, 2.24) is 10.6 Å². The molecule has 0 bridgehead atoms. The van der Waals surface area contributed by atoms with E-state index >= 15 is 0 Å². The number of benzene rings is 1. The van der Waals surface area contributed by atoms with Gasteiger partial charge in [0.15, 0.2) is 0 Å². The first-order chi connectivity index (χ1) is 12.1. The van der Waals surface area contributed by atoms with Gasteiger partial charge in [-0.3, -0.25) is 0 Å². The molecule has 146 valence electrons. The first kappa shape index (κ1) is 20.9. The number of carbonyl (C=O) groups excluding carboxylic acids is 1. The van der Waals surface area contributed by atoms with Crippen molar-refractivity contribution < 1.29 is 18.7 Å². The maximum Gasteiger partial charge on any atom is 0.407 e. The van der Waals surface area contributed by atoms with Crippen LogP contribution in [0.25, 0.3) is 0 Å². The van der Waals surface area contributed by atoms with Crippen LogP contribution in [0.5, 0.6) is 0 Å². The van der Waals surface area contributed by atoms with Gasteiger partial charge in [-0.1, -0.05) is 11.6 Å². The quantitative estimate of drug-likeness (QED) is 0.799. The monoisotopic (exact) mass is 386 g/mol. The number of nitrogens with one attached hydrogen (secondary N) is 2. The van der Waals surface area contributed by atoms with Gasteiger partial charge in [-0.2, -0.15) is 0 Å². The van der Waals surface area contributed by atoms with E-state index in [4.69, 9.17) is 21.1 Å². The van der Waals surface area contributed by atoms with E-state index in [9.17, 15) is 9.18 Å².